The number of nitrogens with one attached hydrogen (secondary N) is 1. The minimum Gasteiger partial charge on any atom is -0.383 e. The smallest absolute Gasteiger partial charge is 0.242 e. The van der Waals surface area contributed by atoms with E-state index in [0.717, 1.165) is 12.8 Å². The van der Waals surface area contributed by atoms with Gasteiger partial charge in [0.05, 0.1) is 19.7 Å². The highest BCUT2D eigenvalue weighted by Gasteiger charge is 2.13. The monoisotopic (exact) mass is 245 g/mol. The van der Waals surface area contributed by atoms with Crippen LogP contribution in [0.4, 0.5) is 0 Å². The zero-order valence-corrected chi connectivity index (χ0v) is 10.7. The van der Waals surface area contributed by atoms with Gasteiger partial charge in [0.15, 0.2) is 0 Å². The van der Waals surface area contributed by atoms with Crippen molar-refractivity contribution in [2.24, 2.45) is 5.73 Å². The molecule has 6 nitrogen and oxygen atoms in total. The summed E-state index contributed by atoms with van der Waals surface area (Å²) in [6.07, 6.45) is 1.96. The standard InChI is InChI=1S/C11H23N3O3/c1-3-4-5-14(6-7-17-2)11(16)9-13-10(15)8-12/h3-9,12H2,1-2H3,(H,13,15). The van der Waals surface area contributed by atoms with Gasteiger partial charge in [-0.05, 0) is 6.42 Å². The first-order valence-corrected chi connectivity index (χ1v) is 5.89. The van der Waals surface area contributed by atoms with Crippen molar-refractivity contribution < 1.29 is 14.3 Å². The Labute approximate surface area is 102 Å². The maximum Gasteiger partial charge on any atom is 0.242 e. The average Bonchev–Trinajstić information content (AvgIpc) is 2.35. The number of amides is 2. The Hall–Kier alpha value is -1.14. The zero-order valence-electron chi connectivity index (χ0n) is 10.7. The molecule has 0 saturated heterocycles. The molecule has 0 radical (unpaired) electrons. The van der Waals surface area contributed by atoms with Gasteiger partial charge in [0.2, 0.25) is 11.8 Å². The van der Waals surface area contributed by atoms with Crippen LogP contribution in [0.1, 0.15) is 19.8 Å². The normalized spacial score (nSPS) is 10.1. The number of carbonyl (C=O) groups excluding carboxylic acids is 2. The molecule has 0 rings (SSSR count). The molecular weight excluding hydrogens is 222 g/mol. The molecule has 17 heavy (non-hydrogen) atoms. The number of nitrogens with zero attached hydrogens (tertiary/aromatic N) is 1. The molecule has 0 unspecified atom stereocenters. The van der Waals surface area contributed by atoms with Gasteiger partial charge in [0.25, 0.3) is 0 Å². The van der Waals surface area contributed by atoms with E-state index in [4.69, 9.17) is 10.5 Å². The third kappa shape index (κ3) is 7.70. The lowest BCUT2D eigenvalue weighted by molar-refractivity contribution is -0.133. The second kappa shape index (κ2) is 10.0. The number of carbonyl (C=O) groups is 2. The van der Waals surface area contributed by atoms with Crippen LogP contribution < -0.4 is 11.1 Å². The van der Waals surface area contributed by atoms with Gasteiger partial charge in [-0.15, -0.1) is 0 Å². The van der Waals surface area contributed by atoms with Crippen LogP contribution in [0.25, 0.3) is 0 Å². The maximum atomic E-state index is 11.8. The number of rotatable bonds is 9. The fourth-order valence-corrected chi connectivity index (χ4v) is 1.27. The lowest BCUT2D eigenvalue weighted by Crippen LogP contribution is -2.43. The lowest BCUT2D eigenvalue weighted by atomic mass is 10.3. The first kappa shape index (κ1) is 15.9. The van der Waals surface area contributed by atoms with Crippen LogP contribution in [0, 0.1) is 0 Å². The molecule has 0 heterocycles. The number of methoxy groups -OCH3 is 1. The summed E-state index contributed by atoms with van der Waals surface area (Å²) in [4.78, 5) is 24.4. The van der Waals surface area contributed by atoms with Gasteiger partial charge in [-0.25, -0.2) is 0 Å². The molecule has 0 spiro atoms. The van der Waals surface area contributed by atoms with Crippen molar-refractivity contribution >= 4 is 11.8 Å². The Bertz CT molecular complexity index is 226. The average molecular weight is 245 g/mol. The Balaban J connectivity index is 4.06. The highest BCUT2D eigenvalue weighted by Crippen LogP contribution is 1.96. The van der Waals surface area contributed by atoms with Crippen LogP contribution >= 0.6 is 0 Å². The van der Waals surface area contributed by atoms with Gasteiger partial charge in [-0.1, -0.05) is 13.3 Å². The van der Waals surface area contributed by atoms with E-state index in [2.05, 4.69) is 12.2 Å². The Morgan fingerprint density at radius 3 is 2.59 bits per heavy atom. The Kier molecular flexibility index (Phi) is 9.37. The minimum atomic E-state index is -0.319. The number of hydrogen-bond acceptors (Lipinski definition) is 4. The van der Waals surface area contributed by atoms with Crippen LogP contribution in [0.5, 0.6) is 0 Å². The van der Waals surface area contributed by atoms with E-state index in [1.807, 2.05) is 0 Å². The number of unbranched alkanes of at least 4 members (excludes halogenated alkanes) is 1. The highest BCUT2D eigenvalue weighted by atomic mass is 16.5. The first-order valence-electron chi connectivity index (χ1n) is 5.89. The molecule has 6 heteroatoms. The van der Waals surface area contributed by atoms with Crippen LogP contribution in [-0.2, 0) is 14.3 Å². The molecule has 0 aromatic carbocycles. The van der Waals surface area contributed by atoms with Crippen molar-refractivity contribution in [2.45, 2.75) is 19.8 Å². The van der Waals surface area contributed by atoms with E-state index >= 15 is 0 Å². The Morgan fingerprint density at radius 1 is 1.35 bits per heavy atom. The van der Waals surface area contributed by atoms with Gasteiger partial charge < -0.3 is 20.7 Å². The summed E-state index contributed by atoms with van der Waals surface area (Å²) >= 11 is 0. The molecule has 0 saturated carbocycles. The summed E-state index contributed by atoms with van der Waals surface area (Å²) in [6.45, 7) is 3.71. The molecular formula is C11H23N3O3. The summed E-state index contributed by atoms with van der Waals surface area (Å²) in [7, 11) is 1.60. The maximum absolute atomic E-state index is 11.8. The number of nitrogens with two attached hydrogens (primary N) is 1. The fraction of sp³-hybridized carbons (Fsp3) is 0.818. The van der Waals surface area contributed by atoms with Crippen LogP contribution in [0.15, 0.2) is 0 Å². The van der Waals surface area contributed by atoms with Gasteiger partial charge in [-0.2, -0.15) is 0 Å². The van der Waals surface area contributed by atoms with Crippen molar-refractivity contribution in [3.63, 3.8) is 0 Å². The van der Waals surface area contributed by atoms with E-state index in [1.54, 1.807) is 12.0 Å². The molecule has 0 aliphatic heterocycles. The summed E-state index contributed by atoms with van der Waals surface area (Å²) in [6, 6.07) is 0. The van der Waals surface area contributed by atoms with Gasteiger partial charge in [0.1, 0.15) is 0 Å². The largest absolute Gasteiger partial charge is 0.383 e. The van der Waals surface area contributed by atoms with Crippen LogP contribution in [-0.4, -0.2) is 56.6 Å². The van der Waals surface area contributed by atoms with Crippen LogP contribution in [0.3, 0.4) is 0 Å². The predicted molar refractivity (Wildman–Crippen MR) is 65.4 cm³/mol. The summed E-state index contributed by atoms with van der Waals surface area (Å²) in [5, 5.41) is 2.47. The molecule has 100 valence electrons. The molecule has 0 fully saturated rings. The molecule has 2 amide bonds. The minimum absolute atomic E-state index is 0.00343. The number of hydrogen-bond donors (Lipinski definition) is 2. The second-order valence-electron chi connectivity index (χ2n) is 3.71. The van der Waals surface area contributed by atoms with E-state index in [-0.39, 0.29) is 24.9 Å². The number of ether oxygens (including phenoxy) is 1. The van der Waals surface area contributed by atoms with Crippen molar-refractivity contribution in [3.05, 3.63) is 0 Å². The van der Waals surface area contributed by atoms with Gasteiger partial charge in [0, 0.05) is 20.2 Å². The molecule has 0 aliphatic rings. The third-order valence-corrected chi connectivity index (χ3v) is 2.32. The van der Waals surface area contributed by atoms with E-state index < -0.39 is 0 Å². The third-order valence-electron chi connectivity index (χ3n) is 2.32. The fourth-order valence-electron chi connectivity index (χ4n) is 1.27. The van der Waals surface area contributed by atoms with Crippen molar-refractivity contribution in [1.82, 2.24) is 10.2 Å². The van der Waals surface area contributed by atoms with Gasteiger partial charge in [-0.3, -0.25) is 9.59 Å². The molecule has 0 aromatic heterocycles. The first-order chi connectivity index (χ1) is 8.15. The summed E-state index contributed by atoms with van der Waals surface area (Å²) in [5.41, 5.74) is 5.14. The second-order valence-corrected chi connectivity index (χ2v) is 3.71. The Morgan fingerprint density at radius 2 is 2.06 bits per heavy atom. The molecule has 3 N–H and O–H groups in total. The van der Waals surface area contributed by atoms with Crippen molar-refractivity contribution in [2.75, 3.05) is 39.9 Å². The topological polar surface area (TPSA) is 84.7 Å². The van der Waals surface area contributed by atoms with E-state index in [1.165, 1.54) is 0 Å². The van der Waals surface area contributed by atoms with Crippen molar-refractivity contribution in [1.29, 1.82) is 0 Å². The lowest BCUT2D eigenvalue weighted by Gasteiger charge is -2.22. The SMILES string of the molecule is CCCCN(CCOC)C(=O)CNC(=O)CN. The van der Waals surface area contributed by atoms with Crippen LogP contribution in [0.2, 0.25) is 0 Å². The zero-order chi connectivity index (χ0) is 13.1. The molecule has 0 aliphatic carbocycles. The molecule has 0 bridgehead atoms. The van der Waals surface area contributed by atoms with E-state index in [9.17, 15) is 9.59 Å². The molecule has 0 aromatic rings. The van der Waals surface area contributed by atoms with Crippen molar-refractivity contribution in [3.8, 4) is 0 Å². The summed E-state index contributed by atoms with van der Waals surface area (Å²) in [5.74, 6) is -0.419. The summed E-state index contributed by atoms with van der Waals surface area (Å²) < 4.78 is 4.95. The van der Waals surface area contributed by atoms with E-state index in [0.29, 0.717) is 19.7 Å². The van der Waals surface area contributed by atoms with Gasteiger partial charge >= 0.3 is 0 Å². The highest BCUT2D eigenvalue weighted by molar-refractivity contribution is 5.85. The predicted octanol–water partition coefficient (Wildman–Crippen LogP) is -0.664. The molecule has 0 atom stereocenters. The quantitative estimate of drug-likeness (QED) is 0.564.